The summed E-state index contributed by atoms with van der Waals surface area (Å²) in [4.78, 5) is 32.2. The third-order valence-electron chi connectivity index (χ3n) is 10.8. The number of allylic oxidation sites excluding steroid dienone is 1. The van der Waals surface area contributed by atoms with Crippen molar-refractivity contribution in [1.82, 2.24) is 10.2 Å². The van der Waals surface area contributed by atoms with Crippen molar-refractivity contribution in [3.05, 3.63) is 11.6 Å². The molecule has 1 amide bonds. The molecule has 188 valence electrons. The van der Waals surface area contributed by atoms with E-state index in [1.807, 2.05) is 18.0 Å². The van der Waals surface area contributed by atoms with E-state index in [0.717, 1.165) is 63.2 Å². The summed E-state index contributed by atoms with van der Waals surface area (Å²) in [7, 11) is 1.92. The fourth-order valence-corrected chi connectivity index (χ4v) is 9.00. The van der Waals surface area contributed by atoms with E-state index in [-0.39, 0.29) is 23.0 Å². The minimum absolute atomic E-state index is 0.207. The Morgan fingerprint density at radius 1 is 1.15 bits per heavy atom. The monoisotopic (exact) mass is 469 g/mol. The van der Waals surface area contributed by atoms with Crippen molar-refractivity contribution >= 4 is 17.6 Å². The Labute approximate surface area is 204 Å². The first-order valence-electron chi connectivity index (χ1n) is 13.7. The van der Waals surface area contributed by atoms with Gasteiger partial charge in [0.05, 0.1) is 5.71 Å². The van der Waals surface area contributed by atoms with Gasteiger partial charge in [0.15, 0.2) is 5.78 Å². The van der Waals surface area contributed by atoms with Gasteiger partial charge in [0.25, 0.3) is 0 Å². The van der Waals surface area contributed by atoms with Gasteiger partial charge in [-0.1, -0.05) is 24.6 Å². The summed E-state index contributed by atoms with van der Waals surface area (Å²) in [6.07, 6.45) is 12.6. The maximum Gasteiger partial charge on any atom is 0.436 e. The Bertz CT molecular complexity index is 897. The van der Waals surface area contributed by atoms with Crippen molar-refractivity contribution in [2.75, 3.05) is 20.1 Å². The van der Waals surface area contributed by atoms with E-state index in [9.17, 15) is 9.59 Å². The number of carbonyl (C=O) groups is 2. The van der Waals surface area contributed by atoms with Gasteiger partial charge < -0.3 is 10.2 Å². The summed E-state index contributed by atoms with van der Waals surface area (Å²) in [5, 5.41) is 7.61. The highest BCUT2D eigenvalue weighted by Crippen LogP contribution is 2.66. The molecule has 0 aromatic heterocycles. The fourth-order valence-electron chi connectivity index (χ4n) is 9.00. The molecule has 5 aliphatic rings. The van der Waals surface area contributed by atoms with Crippen molar-refractivity contribution in [2.24, 2.45) is 39.7 Å². The molecular weight excluding hydrogens is 426 g/mol. The van der Waals surface area contributed by atoms with Crippen molar-refractivity contribution in [2.45, 2.75) is 91.0 Å². The van der Waals surface area contributed by atoms with Gasteiger partial charge in [0.2, 0.25) is 0 Å². The Kier molecular flexibility index (Phi) is 6.41. The summed E-state index contributed by atoms with van der Waals surface area (Å²) in [6, 6.07) is 0.207. The number of rotatable bonds is 4. The van der Waals surface area contributed by atoms with Crippen LogP contribution in [-0.2, 0) is 9.63 Å². The third-order valence-corrected chi connectivity index (χ3v) is 10.8. The molecule has 3 saturated carbocycles. The van der Waals surface area contributed by atoms with E-state index in [1.165, 1.54) is 31.3 Å². The molecule has 0 radical (unpaired) electrons. The molecule has 7 atom stereocenters. The van der Waals surface area contributed by atoms with Gasteiger partial charge in [-0.05, 0) is 106 Å². The number of hydrogen-bond acceptors (Lipinski definition) is 5. The molecule has 6 heteroatoms. The lowest BCUT2D eigenvalue weighted by Gasteiger charge is -2.58. The number of likely N-dealkylation sites (tertiary alicyclic amines) is 1. The lowest BCUT2D eigenvalue weighted by molar-refractivity contribution is -0.117. The summed E-state index contributed by atoms with van der Waals surface area (Å²) in [5.41, 5.74) is 2.87. The highest BCUT2D eigenvalue weighted by Gasteiger charge is 2.59. The van der Waals surface area contributed by atoms with Crippen LogP contribution in [-0.4, -0.2) is 48.7 Å². The summed E-state index contributed by atoms with van der Waals surface area (Å²) >= 11 is 0. The first-order chi connectivity index (χ1) is 16.3. The second-order valence-electron chi connectivity index (χ2n) is 12.3. The number of oxime groups is 1. The second-order valence-corrected chi connectivity index (χ2v) is 12.3. The number of likely N-dealkylation sites (N-methyl/N-ethyl adjacent to an activating group) is 1. The van der Waals surface area contributed by atoms with Crippen LogP contribution in [0.4, 0.5) is 4.79 Å². The van der Waals surface area contributed by atoms with Crippen LogP contribution < -0.4 is 5.32 Å². The van der Waals surface area contributed by atoms with Crippen LogP contribution in [0.5, 0.6) is 0 Å². The Morgan fingerprint density at radius 2 is 1.97 bits per heavy atom. The van der Waals surface area contributed by atoms with Gasteiger partial charge in [0.1, 0.15) is 0 Å². The standard InChI is InChI=1S/C28H43N3O3/c1-18(30-34-26(33)31-15-5-6-20(31)17-29-4)23-9-10-24-22-8-7-19-16-21(32)11-13-27(19,2)25(22)12-14-28(23,24)3/h16,20,22-25,29H,5-15,17H2,1-4H3/b30-18+/t20-,22-,23+,24?,25-,27-,28+/m0/s1. The summed E-state index contributed by atoms with van der Waals surface area (Å²) in [6.45, 7) is 8.55. The molecule has 1 heterocycles. The highest BCUT2D eigenvalue weighted by atomic mass is 16.7. The molecule has 0 aromatic rings. The quantitative estimate of drug-likeness (QED) is 0.343. The third kappa shape index (κ3) is 3.84. The number of carbonyl (C=O) groups excluding carboxylic acids is 2. The van der Waals surface area contributed by atoms with Crippen LogP contribution in [0.15, 0.2) is 16.8 Å². The zero-order valence-electron chi connectivity index (χ0n) is 21.6. The number of nitrogens with zero attached hydrogens (tertiary/aromatic N) is 2. The molecular formula is C28H43N3O3. The average Bonchev–Trinajstić information content (AvgIpc) is 3.42. The molecule has 0 spiro atoms. The SMILES string of the molecule is CNC[C@@H]1CCCN1C(=O)O/N=C(\C)[C@H]1CCC2[C@@H]3CCC4=CC(=O)CC[C@]4(C)[C@H]3CC[C@@]21C. The van der Waals surface area contributed by atoms with Gasteiger partial charge >= 0.3 is 6.09 Å². The zero-order valence-corrected chi connectivity index (χ0v) is 21.6. The first kappa shape index (κ1) is 24.0. The lowest BCUT2D eigenvalue weighted by atomic mass is 9.46. The normalized spacial score (nSPS) is 42.1. The summed E-state index contributed by atoms with van der Waals surface area (Å²) < 4.78 is 0. The van der Waals surface area contributed by atoms with Crippen molar-refractivity contribution in [3.63, 3.8) is 0 Å². The van der Waals surface area contributed by atoms with E-state index in [0.29, 0.717) is 23.5 Å². The molecule has 4 fully saturated rings. The highest BCUT2D eigenvalue weighted by molar-refractivity contribution is 5.91. The summed E-state index contributed by atoms with van der Waals surface area (Å²) in [5.74, 6) is 2.86. The predicted molar refractivity (Wildman–Crippen MR) is 133 cm³/mol. The number of nitrogens with one attached hydrogen (secondary N) is 1. The van der Waals surface area contributed by atoms with Gasteiger partial charge in [-0.3, -0.25) is 9.63 Å². The number of ketones is 1. The predicted octanol–water partition coefficient (Wildman–Crippen LogP) is 5.33. The smallest absolute Gasteiger partial charge is 0.318 e. The maximum atomic E-state index is 12.7. The fraction of sp³-hybridized carbons (Fsp3) is 0.821. The number of hydrogen-bond donors (Lipinski definition) is 1. The van der Waals surface area contributed by atoms with Crippen molar-refractivity contribution < 1.29 is 14.4 Å². The molecule has 1 saturated heterocycles. The molecule has 0 bridgehead atoms. The molecule has 4 aliphatic carbocycles. The van der Waals surface area contributed by atoms with E-state index >= 15 is 0 Å². The van der Waals surface area contributed by atoms with Crippen molar-refractivity contribution in [1.29, 1.82) is 0 Å². The number of amides is 1. The maximum absolute atomic E-state index is 12.7. The van der Waals surface area contributed by atoms with Crippen LogP contribution in [0, 0.1) is 34.5 Å². The van der Waals surface area contributed by atoms with Gasteiger partial charge in [-0.25, -0.2) is 4.79 Å². The van der Waals surface area contributed by atoms with Crippen LogP contribution in [0.25, 0.3) is 0 Å². The van der Waals surface area contributed by atoms with Crippen molar-refractivity contribution in [3.8, 4) is 0 Å². The zero-order chi connectivity index (χ0) is 24.1. The topological polar surface area (TPSA) is 71.0 Å². The molecule has 6 nitrogen and oxygen atoms in total. The molecule has 1 unspecified atom stereocenters. The van der Waals surface area contributed by atoms with Gasteiger partial charge in [-0.2, -0.15) is 0 Å². The van der Waals surface area contributed by atoms with E-state index < -0.39 is 0 Å². The Balaban J connectivity index is 1.28. The van der Waals surface area contributed by atoms with Gasteiger partial charge in [0, 0.05) is 31.5 Å². The van der Waals surface area contributed by atoms with Crippen LogP contribution in [0.2, 0.25) is 0 Å². The van der Waals surface area contributed by atoms with Crippen LogP contribution in [0.3, 0.4) is 0 Å². The molecule has 5 rings (SSSR count). The van der Waals surface area contributed by atoms with E-state index in [1.54, 1.807) is 0 Å². The first-order valence-corrected chi connectivity index (χ1v) is 13.7. The van der Waals surface area contributed by atoms with Gasteiger partial charge in [-0.15, -0.1) is 0 Å². The van der Waals surface area contributed by atoms with E-state index in [4.69, 9.17) is 4.84 Å². The number of fused-ring (bicyclic) bond motifs is 5. The molecule has 0 aromatic carbocycles. The Morgan fingerprint density at radius 3 is 2.76 bits per heavy atom. The minimum Gasteiger partial charge on any atom is -0.318 e. The minimum atomic E-state index is -0.299. The Hall–Kier alpha value is -1.69. The van der Waals surface area contributed by atoms with Crippen LogP contribution >= 0.6 is 0 Å². The van der Waals surface area contributed by atoms with Crippen LogP contribution in [0.1, 0.15) is 85.0 Å². The van der Waals surface area contributed by atoms with E-state index in [2.05, 4.69) is 31.2 Å². The molecule has 1 N–H and O–H groups in total. The lowest BCUT2D eigenvalue weighted by Crippen LogP contribution is -2.51. The average molecular weight is 470 g/mol. The largest absolute Gasteiger partial charge is 0.436 e. The second kappa shape index (κ2) is 9.07. The molecule has 34 heavy (non-hydrogen) atoms. The molecule has 1 aliphatic heterocycles.